The maximum atomic E-state index is 10.9. The van der Waals surface area contributed by atoms with Crippen molar-refractivity contribution in [2.24, 2.45) is 0 Å². The summed E-state index contributed by atoms with van der Waals surface area (Å²) < 4.78 is 0. The second-order valence-electron chi connectivity index (χ2n) is 3.77. The van der Waals surface area contributed by atoms with Crippen LogP contribution in [0.2, 0.25) is 0 Å². The largest absolute Gasteiger partial charge is 0.354 e. The summed E-state index contributed by atoms with van der Waals surface area (Å²) in [6.07, 6.45) is 4.96. The van der Waals surface area contributed by atoms with E-state index < -0.39 is 0 Å². The van der Waals surface area contributed by atoms with Gasteiger partial charge >= 0.3 is 0 Å². The number of amides is 1. The fourth-order valence-corrected chi connectivity index (χ4v) is 1.51. The van der Waals surface area contributed by atoms with Crippen LogP contribution in [0.1, 0.15) is 18.4 Å². The molecule has 1 unspecified atom stereocenters. The van der Waals surface area contributed by atoms with Crippen LogP contribution in [0.4, 0.5) is 5.95 Å². The molecule has 1 amide bonds. The van der Waals surface area contributed by atoms with Crippen molar-refractivity contribution in [3.63, 3.8) is 0 Å². The zero-order valence-electron chi connectivity index (χ0n) is 8.66. The Morgan fingerprint density at radius 1 is 1.47 bits per heavy atom. The highest BCUT2D eigenvalue weighted by Crippen LogP contribution is 2.08. The summed E-state index contributed by atoms with van der Waals surface area (Å²) in [5.74, 6) is 0.750. The minimum absolute atomic E-state index is 0.123. The predicted molar refractivity (Wildman–Crippen MR) is 56.4 cm³/mol. The van der Waals surface area contributed by atoms with E-state index in [1.54, 1.807) is 12.4 Å². The summed E-state index contributed by atoms with van der Waals surface area (Å²) in [5.41, 5.74) is 1.04. The van der Waals surface area contributed by atoms with Crippen LogP contribution in [0, 0.1) is 6.92 Å². The predicted octanol–water partition coefficient (Wildman–Crippen LogP) is 0.476. The van der Waals surface area contributed by atoms with Crippen LogP contribution in [-0.4, -0.2) is 28.5 Å². The van der Waals surface area contributed by atoms with Crippen LogP contribution in [-0.2, 0) is 4.79 Å². The summed E-state index contributed by atoms with van der Waals surface area (Å²) in [6.45, 7) is 2.60. The molecule has 2 N–H and O–H groups in total. The zero-order chi connectivity index (χ0) is 10.7. The second kappa shape index (κ2) is 4.25. The normalized spacial score (nSPS) is 20.9. The molecule has 1 aliphatic rings. The fourth-order valence-electron chi connectivity index (χ4n) is 1.51. The number of nitrogens with one attached hydrogen (secondary N) is 2. The van der Waals surface area contributed by atoms with E-state index in [2.05, 4.69) is 20.6 Å². The van der Waals surface area contributed by atoms with Crippen molar-refractivity contribution in [3.05, 3.63) is 18.0 Å². The van der Waals surface area contributed by atoms with Gasteiger partial charge in [-0.05, 0) is 18.9 Å². The van der Waals surface area contributed by atoms with Crippen LogP contribution in [0.5, 0.6) is 0 Å². The Kier molecular flexibility index (Phi) is 2.80. The van der Waals surface area contributed by atoms with Gasteiger partial charge in [0.2, 0.25) is 11.9 Å². The van der Waals surface area contributed by atoms with Gasteiger partial charge in [0.15, 0.2) is 0 Å². The van der Waals surface area contributed by atoms with Crippen molar-refractivity contribution in [3.8, 4) is 0 Å². The summed E-state index contributed by atoms with van der Waals surface area (Å²) >= 11 is 0. The number of hydrogen-bond acceptors (Lipinski definition) is 4. The molecule has 5 heteroatoms. The fraction of sp³-hybridized carbons (Fsp3) is 0.500. The lowest BCUT2D eigenvalue weighted by Crippen LogP contribution is -2.42. The van der Waals surface area contributed by atoms with Crippen LogP contribution in [0.25, 0.3) is 0 Å². The lowest BCUT2D eigenvalue weighted by molar-refractivity contribution is -0.122. The summed E-state index contributed by atoms with van der Waals surface area (Å²) in [4.78, 5) is 19.2. The number of aromatic nitrogens is 2. The monoisotopic (exact) mass is 206 g/mol. The molecule has 1 atom stereocenters. The average Bonchev–Trinajstić information content (AvgIpc) is 2.25. The third-order valence-corrected chi connectivity index (χ3v) is 2.38. The van der Waals surface area contributed by atoms with E-state index in [0.717, 1.165) is 12.0 Å². The van der Waals surface area contributed by atoms with E-state index in [1.807, 2.05) is 6.92 Å². The molecule has 5 nitrogen and oxygen atoms in total. The molecule has 0 bridgehead atoms. The van der Waals surface area contributed by atoms with Crippen molar-refractivity contribution >= 4 is 11.9 Å². The van der Waals surface area contributed by atoms with E-state index in [9.17, 15) is 4.79 Å². The third kappa shape index (κ3) is 2.65. The standard InChI is InChI=1S/C10H14N4O/c1-7-4-12-10(13-5-7)14-8-2-3-9(15)11-6-8/h4-5,8H,2-3,6H2,1H3,(H,11,15)(H,12,13,14). The van der Waals surface area contributed by atoms with Gasteiger partial charge in [-0.1, -0.05) is 0 Å². The maximum Gasteiger partial charge on any atom is 0.222 e. The maximum absolute atomic E-state index is 10.9. The molecule has 0 radical (unpaired) electrons. The number of carbonyl (C=O) groups is 1. The van der Waals surface area contributed by atoms with Gasteiger partial charge in [-0.3, -0.25) is 4.79 Å². The Hall–Kier alpha value is -1.65. The number of carbonyl (C=O) groups excluding carboxylic acids is 1. The number of rotatable bonds is 2. The van der Waals surface area contributed by atoms with Crippen molar-refractivity contribution in [1.82, 2.24) is 15.3 Å². The Balaban J connectivity index is 1.91. The molecular formula is C10H14N4O. The molecule has 0 spiro atoms. The molecule has 0 aromatic carbocycles. The van der Waals surface area contributed by atoms with E-state index >= 15 is 0 Å². The number of hydrogen-bond donors (Lipinski definition) is 2. The Labute approximate surface area is 88.3 Å². The highest BCUT2D eigenvalue weighted by molar-refractivity contribution is 5.76. The van der Waals surface area contributed by atoms with E-state index in [4.69, 9.17) is 0 Å². The first-order valence-electron chi connectivity index (χ1n) is 5.06. The second-order valence-corrected chi connectivity index (χ2v) is 3.77. The smallest absolute Gasteiger partial charge is 0.222 e. The van der Waals surface area contributed by atoms with Crippen molar-refractivity contribution in [2.75, 3.05) is 11.9 Å². The van der Waals surface area contributed by atoms with Gasteiger partial charge in [0.25, 0.3) is 0 Å². The van der Waals surface area contributed by atoms with Crippen molar-refractivity contribution in [2.45, 2.75) is 25.8 Å². The lowest BCUT2D eigenvalue weighted by Gasteiger charge is -2.23. The number of nitrogens with zero attached hydrogens (tertiary/aromatic N) is 2. The van der Waals surface area contributed by atoms with Gasteiger partial charge < -0.3 is 10.6 Å². The topological polar surface area (TPSA) is 66.9 Å². The molecule has 1 fully saturated rings. The van der Waals surface area contributed by atoms with Gasteiger partial charge in [-0.2, -0.15) is 0 Å². The van der Waals surface area contributed by atoms with Gasteiger partial charge in [-0.15, -0.1) is 0 Å². The molecule has 1 saturated heterocycles. The molecule has 1 aromatic heterocycles. The Morgan fingerprint density at radius 2 is 2.20 bits per heavy atom. The molecule has 80 valence electrons. The van der Waals surface area contributed by atoms with Gasteiger partial charge in [0, 0.05) is 31.4 Å². The highest BCUT2D eigenvalue weighted by Gasteiger charge is 2.17. The van der Waals surface area contributed by atoms with Crippen LogP contribution in [0.3, 0.4) is 0 Å². The molecule has 15 heavy (non-hydrogen) atoms. The van der Waals surface area contributed by atoms with E-state index in [-0.39, 0.29) is 11.9 Å². The van der Waals surface area contributed by atoms with Gasteiger partial charge in [-0.25, -0.2) is 9.97 Å². The van der Waals surface area contributed by atoms with Gasteiger partial charge in [0.05, 0.1) is 0 Å². The third-order valence-electron chi connectivity index (χ3n) is 2.38. The molecule has 1 aliphatic heterocycles. The van der Waals surface area contributed by atoms with Crippen LogP contribution >= 0.6 is 0 Å². The zero-order valence-corrected chi connectivity index (χ0v) is 8.66. The summed E-state index contributed by atoms with van der Waals surface area (Å²) in [5, 5.41) is 6.00. The van der Waals surface area contributed by atoms with Gasteiger partial charge in [0.1, 0.15) is 0 Å². The lowest BCUT2D eigenvalue weighted by atomic mass is 10.1. The van der Waals surface area contributed by atoms with E-state index in [1.165, 1.54) is 0 Å². The van der Waals surface area contributed by atoms with Crippen molar-refractivity contribution in [1.29, 1.82) is 0 Å². The van der Waals surface area contributed by atoms with Crippen LogP contribution < -0.4 is 10.6 Å². The number of anilines is 1. The highest BCUT2D eigenvalue weighted by atomic mass is 16.1. The minimum Gasteiger partial charge on any atom is -0.354 e. The first kappa shape index (κ1) is 9.89. The minimum atomic E-state index is 0.123. The first-order chi connectivity index (χ1) is 7.24. The Bertz CT molecular complexity index is 339. The average molecular weight is 206 g/mol. The molecule has 1 aromatic rings. The Morgan fingerprint density at radius 3 is 2.80 bits per heavy atom. The number of piperidine rings is 1. The molecule has 2 rings (SSSR count). The van der Waals surface area contributed by atoms with Crippen molar-refractivity contribution < 1.29 is 4.79 Å². The van der Waals surface area contributed by atoms with E-state index in [0.29, 0.717) is 18.9 Å². The summed E-state index contributed by atoms with van der Waals surface area (Å²) in [6, 6.07) is 0.241. The first-order valence-corrected chi connectivity index (χ1v) is 5.06. The quantitative estimate of drug-likeness (QED) is 0.738. The number of aryl methyl sites for hydroxylation is 1. The SMILES string of the molecule is Cc1cnc(NC2CCC(=O)NC2)nc1. The molecule has 0 aliphatic carbocycles. The van der Waals surface area contributed by atoms with Crippen LogP contribution in [0.15, 0.2) is 12.4 Å². The summed E-state index contributed by atoms with van der Waals surface area (Å²) in [7, 11) is 0. The molecule has 2 heterocycles. The molecular weight excluding hydrogens is 192 g/mol. The molecule has 0 saturated carbocycles.